The Balaban J connectivity index is 2.61. The maximum absolute atomic E-state index is 8.26. The van der Waals surface area contributed by atoms with Gasteiger partial charge in [-0.2, -0.15) is 5.26 Å². The van der Waals surface area contributed by atoms with Crippen molar-refractivity contribution < 1.29 is 4.42 Å². The van der Waals surface area contributed by atoms with E-state index in [9.17, 15) is 0 Å². The predicted octanol–water partition coefficient (Wildman–Crippen LogP) is 1.19. The molecule has 1 rings (SSSR count). The Kier molecular flexibility index (Phi) is 2.08. The smallest absolute Gasteiger partial charge is 0.121 e. The maximum atomic E-state index is 8.26. The molecule has 3 nitrogen and oxygen atoms in total. The molecule has 0 aliphatic carbocycles. The third-order valence-electron chi connectivity index (χ3n) is 1.22. The van der Waals surface area contributed by atoms with E-state index in [1.54, 1.807) is 18.4 Å². The molecule has 1 unspecified atom stereocenters. The largest absolute Gasteiger partial charge is 0.468 e. The Hall–Kier alpha value is -1.27. The van der Waals surface area contributed by atoms with Crippen LogP contribution in [0.3, 0.4) is 0 Å². The minimum absolute atomic E-state index is 0.278. The van der Waals surface area contributed by atoms with Gasteiger partial charge in [0.25, 0.3) is 0 Å². The molecule has 0 saturated heterocycles. The summed E-state index contributed by atoms with van der Waals surface area (Å²) in [4.78, 5) is 0. The van der Waals surface area contributed by atoms with Crippen LogP contribution in [0.25, 0.3) is 0 Å². The highest BCUT2D eigenvalue weighted by Gasteiger charge is 2.06. The Labute approximate surface area is 59.1 Å². The maximum Gasteiger partial charge on any atom is 0.121 e. The molecule has 1 atom stereocenters. The number of hydrogen-bond donors (Lipinski definition) is 1. The third kappa shape index (κ3) is 1.36. The van der Waals surface area contributed by atoms with E-state index in [0.717, 1.165) is 0 Å². The van der Waals surface area contributed by atoms with Gasteiger partial charge >= 0.3 is 0 Å². The SMILES string of the molecule is N#CCC(N)c1ccco1. The topological polar surface area (TPSA) is 63.0 Å². The molecule has 3 heteroatoms. The molecule has 0 amide bonds. The van der Waals surface area contributed by atoms with Crippen LogP contribution < -0.4 is 5.73 Å². The normalized spacial score (nSPS) is 12.4. The fraction of sp³-hybridized carbons (Fsp3) is 0.286. The summed E-state index contributed by atoms with van der Waals surface area (Å²) in [7, 11) is 0. The van der Waals surface area contributed by atoms with Crippen LogP contribution in [0.4, 0.5) is 0 Å². The van der Waals surface area contributed by atoms with E-state index in [-0.39, 0.29) is 6.04 Å². The average Bonchev–Trinajstić information content (AvgIpc) is 2.38. The van der Waals surface area contributed by atoms with E-state index in [2.05, 4.69) is 0 Å². The molecule has 0 saturated carbocycles. The van der Waals surface area contributed by atoms with E-state index in [0.29, 0.717) is 12.2 Å². The molecule has 0 radical (unpaired) electrons. The first-order valence-corrected chi connectivity index (χ1v) is 3.00. The van der Waals surface area contributed by atoms with Gasteiger partial charge in [0.2, 0.25) is 0 Å². The summed E-state index contributed by atoms with van der Waals surface area (Å²) < 4.78 is 4.97. The molecular formula is C7H8N2O. The summed E-state index contributed by atoms with van der Waals surface area (Å²) in [6, 6.07) is 5.22. The van der Waals surface area contributed by atoms with Crippen molar-refractivity contribution in [3.05, 3.63) is 24.2 Å². The quantitative estimate of drug-likeness (QED) is 0.664. The van der Waals surface area contributed by atoms with Crippen molar-refractivity contribution in [3.8, 4) is 6.07 Å². The fourth-order valence-electron chi connectivity index (χ4n) is 0.701. The summed E-state index contributed by atoms with van der Waals surface area (Å²) in [5.74, 6) is 0.668. The summed E-state index contributed by atoms with van der Waals surface area (Å²) in [6.45, 7) is 0. The number of nitrogens with two attached hydrogens (primary N) is 1. The number of furan rings is 1. The van der Waals surface area contributed by atoms with Crippen molar-refractivity contribution in [2.24, 2.45) is 5.73 Å². The van der Waals surface area contributed by atoms with Gasteiger partial charge in [-0.1, -0.05) is 0 Å². The van der Waals surface area contributed by atoms with Gasteiger partial charge in [-0.3, -0.25) is 0 Å². The van der Waals surface area contributed by atoms with Crippen molar-refractivity contribution in [2.75, 3.05) is 0 Å². The van der Waals surface area contributed by atoms with Crippen molar-refractivity contribution in [1.29, 1.82) is 5.26 Å². The monoisotopic (exact) mass is 136 g/mol. The zero-order valence-corrected chi connectivity index (χ0v) is 5.45. The predicted molar refractivity (Wildman–Crippen MR) is 35.9 cm³/mol. The van der Waals surface area contributed by atoms with E-state index in [4.69, 9.17) is 15.4 Å². The van der Waals surface area contributed by atoms with E-state index < -0.39 is 0 Å². The number of hydrogen-bond acceptors (Lipinski definition) is 3. The van der Waals surface area contributed by atoms with Crippen LogP contribution in [0.1, 0.15) is 18.2 Å². The van der Waals surface area contributed by atoms with Gasteiger partial charge in [-0.15, -0.1) is 0 Å². The highest BCUT2D eigenvalue weighted by atomic mass is 16.3. The van der Waals surface area contributed by atoms with E-state index in [1.165, 1.54) is 0 Å². The molecule has 1 aromatic rings. The second-order valence-corrected chi connectivity index (χ2v) is 1.98. The number of nitriles is 1. The van der Waals surface area contributed by atoms with Gasteiger partial charge in [-0.25, -0.2) is 0 Å². The molecule has 0 aliphatic rings. The van der Waals surface area contributed by atoms with Crippen LogP contribution in [0, 0.1) is 11.3 Å². The Morgan fingerprint density at radius 1 is 1.80 bits per heavy atom. The first-order chi connectivity index (χ1) is 4.84. The summed E-state index contributed by atoms with van der Waals surface area (Å²) in [6.07, 6.45) is 1.85. The average molecular weight is 136 g/mol. The Morgan fingerprint density at radius 2 is 2.60 bits per heavy atom. The van der Waals surface area contributed by atoms with Crippen LogP contribution in [0.15, 0.2) is 22.8 Å². The van der Waals surface area contributed by atoms with Crippen molar-refractivity contribution in [2.45, 2.75) is 12.5 Å². The Morgan fingerprint density at radius 3 is 3.10 bits per heavy atom. The van der Waals surface area contributed by atoms with E-state index >= 15 is 0 Å². The van der Waals surface area contributed by atoms with Crippen LogP contribution in [-0.4, -0.2) is 0 Å². The van der Waals surface area contributed by atoms with Gasteiger partial charge in [0, 0.05) is 0 Å². The van der Waals surface area contributed by atoms with Crippen molar-refractivity contribution in [3.63, 3.8) is 0 Å². The molecule has 0 aromatic carbocycles. The van der Waals surface area contributed by atoms with Gasteiger partial charge < -0.3 is 10.2 Å². The Bertz CT molecular complexity index is 222. The summed E-state index contributed by atoms with van der Waals surface area (Å²) in [5.41, 5.74) is 5.53. The molecular weight excluding hydrogens is 128 g/mol. The molecule has 10 heavy (non-hydrogen) atoms. The molecule has 1 heterocycles. The molecule has 1 aromatic heterocycles. The lowest BCUT2D eigenvalue weighted by Crippen LogP contribution is -2.07. The first kappa shape index (κ1) is 6.84. The minimum Gasteiger partial charge on any atom is -0.468 e. The van der Waals surface area contributed by atoms with Crippen molar-refractivity contribution in [1.82, 2.24) is 0 Å². The number of nitrogens with zero attached hydrogens (tertiary/aromatic N) is 1. The van der Waals surface area contributed by atoms with Gasteiger partial charge in [0.15, 0.2) is 0 Å². The number of rotatable bonds is 2. The molecule has 52 valence electrons. The minimum atomic E-state index is -0.278. The van der Waals surface area contributed by atoms with Crippen LogP contribution in [0.5, 0.6) is 0 Å². The highest BCUT2D eigenvalue weighted by molar-refractivity contribution is 5.05. The molecule has 0 fully saturated rings. The van der Waals surface area contributed by atoms with E-state index in [1.807, 2.05) is 6.07 Å². The third-order valence-corrected chi connectivity index (χ3v) is 1.22. The van der Waals surface area contributed by atoms with Gasteiger partial charge in [-0.05, 0) is 12.1 Å². The zero-order valence-electron chi connectivity index (χ0n) is 5.45. The molecule has 2 N–H and O–H groups in total. The lowest BCUT2D eigenvalue weighted by molar-refractivity contribution is 0.469. The van der Waals surface area contributed by atoms with Crippen molar-refractivity contribution >= 4 is 0 Å². The lowest BCUT2D eigenvalue weighted by Gasteiger charge is -2.00. The van der Waals surface area contributed by atoms with Gasteiger partial charge in [0.05, 0.1) is 24.8 Å². The van der Waals surface area contributed by atoms with Crippen LogP contribution in [0.2, 0.25) is 0 Å². The summed E-state index contributed by atoms with van der Waals surface area (Å²) >= 11 is 0. The van der Waals surface area contributed by atoms with Crippen LogP contribution in [-0.2, 0) is 0 Å². The standard InChI is InChI=1S/C7H8N2O/c8-4-3-6(9)7-2-1-5-10-7/h1-2,5-6H,3,9H2. The zero-order chi connectivity index (χ0) is 7.40. The second kappa shape index (κ2) is 3.04. The second-order valence-electron chi connectivity index (χ2n) is 1.98. The van der Waals surface area contributed by atoms with Gasteiger partial charge in [0.1, 0.15) is 5.76 Å². The highest BCUT2D eigenvalue weighted by Crippen LogP contribution is 2.12. The molecule has 0 bridgehead atoms. The fourth-order valence-corrected chi connectivity index (χ4v) is 0.701. The molecule has 0 aliphatic heterocycles. The van der Waals surface area contributed by atoms with Crippen LogP contribution >= 0.6 is 0 Å². The lowest BCUT2D eigenvalue weighted by atomic mass is 10.2. The first-order valence-electron chi connectivity index (χ1n) is 3.00. The molecule has 0 spiro atoms. The summed E-state index contributed by atoms with van der Waals surface area (Å²) in [5, 5.41) is 8.26.